The first-order valence-corrected chi connectivity index (χ1v) is 8.26. The van der Waals surface area contributed by atoms with E-state index in [0.717, 1.165) is 31.4 Å². The van der Waals surface area contributed by atoms with Gasteiger partial charge in [-0.3, -0.25) is 4.79 Å². The molecule has 1 fully saturated rings. The summed E-state index contributed by atoms with van der Waals surface area (Å²) in [7, 11) is 0. The molecule has 1 saturated carbocycles. The van der Waals surface area contributed by atoms with Gasteiger partial charge in [-0.2, -0.15) is 0 Å². The van der Waals surface area contributed by atoms with Crippen LogP contribution in [0.4, 0.5) is 5.69 Å². The van der Waals surface area contributed by atoms with Crippen molar-refractivity contribution in [2.45, 2.75) is 31.7 Å². The number of carbonyl (C=O) groups excluding carboxylic acids is 1. The number of carbonyl (C=O) groups is 1. The van der Waals surface area contributed by atoms with Gasteiger partial charge in [0.15, 0.2) is 0 Å². The van der Waals surface area contributed by atoms with E-state index in [2.05, 4.69) is 0 Å². The van der Waals surface area contributed by atoms with Crippen molar-refractivity contribution < 1.29 is 4.79 Å². The standard InChI is InChI=1S/C18H17Cl2NO/c19-13-10-11-16(17(20)12-13)18(22)21(15-8-4-5-9-15)14-6-2-1-3-7-14/h1-3,6-7,10-12,15H,4-5,8-9H2. The molecule has 0 unspecified atom stereocenters. The number of amides is 1. The monoisotopic (exact) mass is 333 g/mol. The molecule has 0 atom stereocenters. The quantitative estimate of drug-likeness (QED) is 0.717. The fourth-order valence-electron chi connectivity index (χ4n) is 3.04. The summed E-state index contributed by atoms with van der Waals surface area (Å²) in [4.78, 5) is 15.0. The first kappa shape index (κ1) is 15.4. The summed E-state index contributed by atoms with van der Waals surface area (Å²) in [5, 5.41) is 0.935. The van der Waals surface area contributed by atoms with Crippen LogP contribution in [0.5, 0.6) is 0 Å². The summed E-state index contributed by atoms with van der Waals surface area (Å²) < 4.78 is 0. The van der Waals surface area contributed by atoms with Crippen LogP contribution in [0, 0.1) is 0 Å². The van der Waals surface area contributed by atoms with Crippen LogP contribution in [0.2, 0.25) is 10.0 Å². The van der Waals surface area contributed by atoms with E-state index >= 15 is 0 Å². The van der Waals surface area contributed by atoms with Crippen molar-refractivity contribution in [1.29, 1.82) is 0 Å². The van der Waals surface area contributed by atoms with Crippen LogP contribution in [0.3, 0.4) is 0 Å². The first-order chi connectivity index (χ1) is 10.7. The van der Waals surface area contributed by atoms with Gasteiger partial charge in [0.1, 0.15) is 0 Å². The third kappa shape index (κ3) is 3.13. The Balaban J connectivity index is 1.99. The molecular weight excluding hydrogens is 317 g/mol. The van der Waals surface area contributed by atoms with Gasteiger partial charge in [-0.05, 0) is 43.2 Å². The molecule has 2 nitrogen and oxygen atoms in total. The van der Waals surface area contributed by atoms with E-state index in [-0.39, 0.29) is 11.9 Å². The lowest BCUT2D eigenvalue weighted by molar-refractivity contribution is 0.0977. The zero-order valence-electron chi connectivity index (χ0n) is 12.1. The van der Waals surface area contributed by atoms with Gasteiger partial charge >= 0.3 is 0 Å². The average Bonchev–Trinajstić information content (AvgIpc) is 3.02. The molecular formula is C18H17Cl2NO. The fraction of sp³-hybridized carbons (Fsp3) is 0.278. The van der Waals surface area contributed by atoms with E-state index in [9.17, 15) is 4.79 Å². The van der Waals surface area contributed by atoms with E-state index in [4.69, 9.17) is 23.2 Å². The minimum absolute atomic E-state index is 0.0558. The van der Waals surface area contributed by atoms with Gasteiger partial charge in [0, 0.05) is 16.8 Å². The number of benzene rings is 2. The molecule has 0 aliphatic heterocycles. The summed E-state index contributed by atoms with van der Waals surface area (Å²) in [6, 6.07) is 15.1. The smallest absolute Gasteiger partial charge is 0.260 e. The molecule has 0 saturated heterocycles. The Bertz CT molecular complexity index is 666. The van der Waals surface area contributed by atoms with Crippen LogP contribution in [-0.4, -0.2) is 11.9 Å². The summed E-state index contributed by atoms with van der Waals surface area (Å²) in [6.07, 6.45) is 4.39. The normalized spacial score (nSPS) is 15.0. The van der Waals surface area contributed by atoms with Crippen molar-refractivity contribution in [2.75, 3.05) is 4.90 Å². The summed E-state index contributed by atoms with van der Waals surface area (Å²) >= 11 is 12.2. The van der Waals surface area contributed by atoms with Crippen LogP contribution < -0.4 is 4.90 Å². The molecule has 1 amide bonds. The second-order valence-corrected chi connectivity index (χ2v) is 6.42. The predicted octanol–water partition coefficient (Wildman–Crippen LogP) is 5.58. The number of nitrogens with zero attached hydrogens (tertiary/aromatic N) is 1. The van der Waals surface area contributed by atoms with Gasteiger partial charge in [0.2, 0.25) is 0 Å². The molecule has 3 rings (SSSR count). The molecule has 1 aliphatic rings. The van der Waals surface area contributed by atoms with Crippen LogP contribution >= 0.6 is 23.2 Å². The first-order valence-electron chi connectivity index (χ1n) is 7.50. The highest BCUT2D eigenvalue weighted by atomic mass is 35.5. The van der Waals surface area contributed by atoms with Crippen molar-refractivity contribution in [2.24, 2.45) is 0 Å². The van der Waals surface area contributed by atoms with Gasteiger partial charge < -0.3 is 4.90 Å². The predicted molar refractivity (Wildman–Crippen MR) is 92.0 cm³/mol. The van der Waals surface area contributed by atoms with Crippen molar-refractivity contribution in [3.63, 3.8) is 0 Å². The maximum absolute atomic E-state index is 13.1. The Morgan fingerprint density at radius 1 is 1.00 bits per heavy atom. The number of hydrogen-bond donors (Lipinski definition) is 0. The number of hydrogen-bond acceptors (Lipinski definition) is 1. The fourth-order valence-corrected chi connectivity index (χ4v) is 3.53. The zero-order chi connectivity index (χ0) is 15.5. The second-order valence-electron chi connectivity index (χ2n) is 5.57. The van der Waals surface area contributed by atoms with Gasteiger partial charge in [-0.25, -0.2) is 0 Å². The van der Waals surface area contributed by atoms with Gasteiger partial charge in [0.05, 0.1) is 10.6 Å². The molecule has 114 valence electrons. The third-order valence-electron chi connectivity index (χ3n) is 4.10. The molecule has 2 aromatic carbocycles. The molecule has 0 aromatic heterocycles. The maximum atomic E-state index is 13.1. The highest BCUT2D eigenvalue weighted by Crippen LogP contribution is 2.31. The van der Waals surface area contributed by atoms with Crippen LogP contribution in [0.25, 0.3) is 0 Å². The van der Waals surface area contributed by atoms with E-state index < -0.39 is 0 Å². The van der Waals surface area contributed by atoms with Gasteiger partial charge in [-0.15, -0.1) is 0 Å². The Hall–Kier alpha value is -1.51. The summed E-state index contributed by atoms with van der Waals surface area (Å²) in [5.74, 6) is -0.0558. The molecule has 4 heteroatoms. The average molecular weight is 334 g/mol. The van der Waals surface area contributed by atoms with E-state index in [1.165, 1.54) is 0 Å². The van der Waals surface area contributed by atoms with Crippen molar-refractivity contribution in [3.8, 4) is 0 Å². The number of halogens is 2. The molecule has 0 bridgehead atoms. The van der Waals surface area contributed by atoms with E-state index in [1.807, 2.05) is 35.2 Å². The molecule has 2 aromatic rings. The summed E-state index contributed by atoms with van der Waals surface area (Å²) in [5.41, 5.74) is 1.42. The Morgan fingerprint density at radius 2 is 1.68 bits per heavy atom. The highest BCUT2D eigenvalue weighted by molar-refractivity contribution is 6.37. The number of para-hydroxylation sites is 1. The molecule has 0 spiro atoms. The number of rotatable bonds is 3. The lowest BCUT2D eigenvalue weighted by atomic mass is 10.1. The highest BCUT2D eigenvalue weighted by Gasteiger charge is 2.29. The second kappa shape index (κ2) is 6.72. The summed E-state index contributed by atoms with van der Waals surface area (Å²) in [6.45, 7) is 0. The van der Waals surface area contributed by atoms with Crippen LogP contribution in [-0.2, 0) is 0 Å². The van der Waals surface area contributed by atoms with Gasteiger partial charge in [0.25, 0.3) is 5.91 Å². The van der Waals surface area contributed by atoms with E-state index in [1.54, 1.807) is 18.2 Å². The molecule has 1 aliphatic carbocycles. The molecule has 0 N–H and O–H groups in total. The Labute approximate surface area is 140 Å². The molecule has 22 heavy (non-hydrogen) atoms. The molecule has 0 radical (unpaired) electrons. The third-order valence-corrected chi connectivity index (χ3v) is 4.65. The minimum atomic E-state index is -0.0558. The lowest BCUT2D eigenvalue weighted by Gasteiger charge is -2.29. The Morgan fingerprint density at radius 3 is 2.32 bits per heavy atom. The van der Waals surface area contributed by atoms with Gasteiger partial charge in [-0.1, -0.05) is 54.2 Å². The largest absolute Gasteiger partial charge is 0.305 e. The van der Waals surface area contributed by atoms with Crippen molar-refractivity contribution >= 4 is 34.8 Å². The van der Waals surface area contributed by atoms with E-state index in [0.29, 0.717) is 15.6 Å². The SMILES string of the molecule is O=C(c1ccc(Cl)cc1Cl)N(c1ccccc1)C1CCCC1. The zero-order valence-corrected chi connectivity index (χ0v) is 13.6. The lowest BCUT2D eigenvalue weighted by Crippen LogP contribution is -2.39. The Kier molecular flexibility index (Phi) is 4.70. The molecule has 0 heterocycles. The minimum Gasteiger partial charge on any atom is -0.305 e. The van der Waals surface area contributed by atoms with Crippen molar-refractivity contribution in [1.82, 2.24) is 0 Å². The van der Waals surface area contributed by atoms with Crippen LogP contribution in [0.15, 0.2) is 48.5 Å². The topological polar surface area (TPSA) is 20.3 Å². The maximum Gasteiger partial charge on any atom is 0.260 e. The van der Waals surface area contributed by atoms with Crippen molar-refractivity contribution in [3.05, 3.63) is 64.1 Å². The van der Waals surface area contributed by atoms with Crippen LogP contribution in [0.1, 0.15) is 36.0 Å². The number of anilines is 1.